The summed E-state index contributed by atoms with van der Waals surface area (Å²) in [6, 6.07) is 7.13. The molecule has 0 aromatic heterocycles. The molecule has 8 nitrogen and oxygen atoms in total. The maximum absolute atomic E-state index is 14.6. The average molecular weight is 555 g/mol. The molecule has 1 N–H and O–H groups in total. The number of anilines is 2. The summed E-state index contributed by atoms with van der Waals surface area (Å²) in [7, 11) is 1.73. The van der Waals surface area contributed by atoms with Crippen molar-refractivity contribution in [3.05, 3.63) is 49.6 Å². The predicted molar refractivity (Wildman–Crippen MR) is 158 cm³/mol. The van der Waals surface area contributed by atoms with Crippen molar-refractivity contribution in [1.29, 1.82) is 0 Å². The molecular formula is C30H42N4O4S. The highest BCUT2D eigenvalue weighted by atomic mass is 32.2. The quantitative estimate of drug-likeness (QED) is 0.400. The number of β-amino-alcohol motifs (C(OH)–C–C–N with tert-alkyl or cyclic N) is 1. The summed E-state index contributed by atoms with van der Waals surface area (Å²) in [5.41, 5.74) is 1.81. The summed E-state index contributed by atoms with van der Waals surface area (Å²) in [6.45, 7) is 16.2. The van der Waals surface area contributed by atoms with Gasteiger partial charge in [-0.2, -0.15) is 0 Å². The van der Waals surface area contributed by atoms with Crippen LogP contribution in [0.2, 0.25) is 0 Å². The first-order chi connectivity index (χ1) is 18.7. The highest BCUT2D eigenvalue weighted by Gasteiger charge is 2.76. The van der Waals surface area contributed by atoms with E-state index in [-0.39, 0.29) is 48.6 Å². The lowest BCUT2D eigenvalue weighted by atomic mass is 9.65. The van der Waals surface area contributed by atoms with Crippen molar-refractivity contribution in [3.8, 4) is 0 Å². The van der Waals surface area contributed by atoms with Crippen LogP contribution in [-0.2, 0) is 14.4 Å². The van der Waals surface area contributed by atoms with Gasteiger partial charge in [0.05, 0.1) is 23.2 Å². The number of nitrogens with zero attached hydrogens (tertiary/aromatic N) is 4. The minimum Gasteiger partial charge on any atom is -0.395 e. The first kappa shape index (κ1) is 29.2. The van der Waals surface area contributed by atoms with Crippen molar-refractivity contribution >= 4 is 40.9 Å². The summed E-state index contributed by atoms with van der Waals surface area (Å²) < 4.78 is -0.732. The fourth-order valence-electron chi connectivity index (χ4n) is 7.00. The molecule has 3 amide bonds. The number of aliphatic hydroxyl groups excluding tert-OH is 1. The van der Waals surface area contributed by atoms with Gasteiger partial charge in [-0.05, 0) is 50.5 Å². The Labute approximate surface area is 236 Å². The standard InChI is InChI=1S/C30H42N4O4S/c1-7-15-31(6)27(36)24-23-19-20(5)30(39-23)25(24)28(37)34(17-18-35)26(30)29(38)33(16-8-2)22-13-11-21(12-14-22)32(9-3)10-4/h7-8,11-14,20,23-26,35H,1-2,9-10,15-19H2,3-6H3/t20?,23-,24+,25+,26?,30?/m1/s1. The number of carbonyl (C=O) groups excluding carboxylic acids is 3. The zero-order valence-electron chi connectivity index (χ0n) is 23.6. The molecule has 1 spiro atoms. The second-order valence-corrected chi connectivity index (χ2v) is 12.3. The first-order valence-corrected chi connectivity index (χ1v) is 14.8. The Morgan fingerprint density at radius 2 is 1.72 bits per heavy atom. The zero-order valence-corrected chi connectivity index (χ0v) is 24.4. The van der Waals surface area contributed by atoms with Gasteiger partial charge in [0.1, 0.15) is 6.04 Å². The van der Waals surface area contributed by atoms with Gasteiger partial charge in [0.2, 0.25) is 11.8 Å². The molecule has 1 aromatic rings. The molecule has 0 aliphatic carbocycles. The number of aliphatic hydroxyl groups is 1. The van der Waals surface area contributed by atoms with Gasteiger partial charge in [0, 0.05) is 56.4 Å². The highest BCUT2D eigenvalue weighted by Crippen LogP contribution is 2.68. The molecule has 3 heterocycles. The van der Waals surface area contributed by atoms with E-state index in [1.807, 2.05) is 24.3 Å². The summed E-state index contributed by atoms with van der Waals surface area (Å²) in [5, 5.41) is 9.90. The van der Waals surface area contributed by atoms with Crippen molar-refractivity contribution in [2.24, 2.45) is 17.8 Å². The minimum atomic E-state index is -0.780. The van der Waals surface area contributed by atoms with Crippen LogP contribution in [0.25, 0.3) is 0 Å². The molecule has 3 aliphatic rings. The summed E-state index contributed by atoms with van der Waals surface area (Å²) in [5.74, 6) is -1.52. The molecule has 3 aliphatic heterocycles. The highest BCUT2D eigenvalue weighted by molar-refractivity contribution is 8.02. The monoisotopic (exact) mass is 554 g/mol. The number of likely N-dealkylation sites (tertiary alicyclic amines) is 1. The fourth-order valence-corrected chi connectivity index (χ4v) is 9.41. The lowest BCUT2D eigenvalue weighted by Gasteiger charge is -2.40. The van der Waals surface area contributed by atoms with E-state index in [0.29, 0.717) is 6.54 Å². The second-order valence-electron chi connectivity index (χ2n) is 10.7. The van der Waals surface area contributed by atoms with Crippen LogP contribution in [0, 0.1) is 17.8 Å². The number of amides is 3. The smallest absolute Gasteiger partial charge is 0.251 e. The molecule has 1 aromatic carbocycles. The topological polar surface area (TPSA) is 84.4 Å². The largest absolute Gasteiger partial charge is 0.395 e. The normalized spacial score (nSPS) is 28.8. The summed E-state index contributed by atoms with van der Waals surface area (Å²) in [4.78, 5) is 49.3. The zero-order chi connectivity index (χ0) is 28.5. The van der Waals surface area contributed by atoms with E-state index in [1.165, 1.54) is 0 Å². The Hall–Kier alpha value is -2.78. The number of likely N-dealkylation sites (N-methyl/N-ethyl adjacent to an activating group) is 1. The van der Waals surface area contributed by atoms with E-state index >= 15 is 0 Å². The maximum Gasteiger partial charge on any atom is 0.251 e. The van der Waals surface area contributed by atoms with E-state index in [0.717, 1.165) is 30.9 Å². The van der Waals surface area contributed by atoms with Gasteiger partial charge in [0.25, 0.3) is 5.91 Å². The third-order valence-corrected chi connectivity index (χ3v) is 10.8. The number of hydrogen-bond acceptors (Lipinski definition) is 6. The maximum atomic E-state index is 14.6. The molecule has 3 saturated heterocycles. The number of benzene rings is 1. The van der Waals surface area contributed by atoms with Gasteiger partial charge in [-0.3, -0.25) is 14.4 Å². The second kappa shape index (κ2) is 11.8. The Bertz CT molecular complexity index is 1110. The van der Waals surface area contributed by atoms with Crippen LogP contribution < -0.4 is 9.80 Å². The van der Waals surface area contributed by atoms with Gasteiger partial charge in [0.15, 0.2) is 0 Å². The van der Waals surface area contributed by atoms with Gasteiger partial charge >= 0.3 is 0 Å². The Kier molecular flexibility index (Phi) is 8.81. The van der Waals surface area contributed by atoms with E-state index in [2.05, 4.69) is 38.8 Å². The van der Waals surface area contributed by atoms with Crippen LogP contribution in [-0.4, -0.2) is 95.0 Å². The van der Waals surface area contributed by atoms with Crippen molar-refractivity contribution in [3.63, 3.8) is 0 Å². The number of hydrogen-bond donors (Lipinski definition) is 1. The Balaban J connectivity index is 1.75. The van der Waals surface area contributed by atoms with E-state index in [9.17, 15) is 19.5 Å². The van der Waals surface area contributed by atoms with E-state index in [1.54, 1.807) is 45.7 Å². The lowest BCUT2D eigenvalue weighted by molar-refractivity contribution is -0.143. The SMILES string of the molecule is C=CCN(C)C(=O)[C@@H]1[C@H]2C(=O)N(CCO)C(C(=O)N(CC=C)c3ccc(N(CC)CC)cc3)C23S[C@@H]1CC3C. The molecule has 39 heavy (non-hydrogen) atoms. The molecule has 0 radical (unpaired) electrons. The van der Waals surface area contributed by atoms with Gasteiger partial charge < -0.3 is 24.7 Å². The summed E-state index contributed by atoms with van der Waals surface area (Å²) >= 11 is 1.64. The molecule has 212 valence electrons. The molecule has 2 bridgehead atoms. The van der Waals surface area contributed by atoms with Crippen LogP contribution in [0.4, 0.5) is 11.4 Å². The summed E-state index contributed by atoms with van der Waals surface area (Å²) in [6.07, 6.45) is 4.14. The number of fused-ring (bicyclic) bond motifs is 1. The first-order valence-electron chi connectivity index (χ1n) is 13.9. The van der Waals surface area contributed by atoms with Gasteiger partial charge in [-0.25, -0.2) is 0 Å². The van der Waals surface area contributed by atoms with Crippen LogP contribution in [0.3, 0.4) is 0 Å². The third-order valence-electron chi connectivity index (χ3n) is 8.75. The molecule has 3 fully saturated rings. The lowest BCUT2D eigenvalue weighted by Crippen LogP contribution is -2.57. The minimum absolute atomic E-state index is 0.0264. The Morgan fingerprint density at radius 1 is 1.10 bits per heavy atom. The van der Waals surface area contributed by atoms with Crippen LogP contribution in [0.1, 0.15) is 27.2 Å². The molecule has 6 atom stereocenters. The van der Waals surface area contributed by atoms with Gasteiger partial charge in [-0.15, -0.1) is 24.9 Å². The fraction of sp³-hybridized carbons (Fsp3) is 0.567. The number of carbonyl (C=O) groups is 3. The molecule has 9 heteroatoms. The van der Waals surface area contributed by atoms with Crippen LogP contribution in [0.15, 0.2) is 49.6 Å². The Morgan fingerprint density at radius 3 is 2.28 bits per heavy atom. The van der Waals surface area contributed by atoms with Crippen molar-refractivity contribution in [1.82, 2.24) is 9.80 Å². The molecule has 3 unspecified atom stereocenters. The number of thioether (sulfide) groups is 1. The van der Waals surface area contributed by atoms with Crippen molar-refractivity contribution < 1.29 is 19.5 Å². The molecular weight excluding hydrogens is 512 g/mol. The van der Waals surface area contributed by atoms with Crippen molar-refractivity contribution in [2.75, 3.05) is 56.2 Å². The van der Waals surface area contributed by atoms with Crippen LogP contribution in [0.5, 0.6) is 0 Å². The molecule has 4 rings (SSSR count). The van der Waals surface area contributed by atoms with E-state index < -0.39 is 22.6 Å². The van der Waals surface area contributed by atoms with Gasteiger partial charge in [-0.1, -0.05) is 19.1 Å². The molecule has 0 saturated carbocycles. The third kappa shape index (κ3) is 4.67. The average Bonchev–Trinajstić information content (AvgIpc) is 3.52. The van der Waals surface area contributed by atoms with Crippen LogP contribution >= 0.6 is 11.8 Å². The number of rotatable bonds is 12. The predicted octanol–water partition coefficient (Wildman–Crippen LogP) is 3.03. The van der Waals surface area contributed by atoms with E-state index in [4.69, 9.17) is 0 Å². The van der Waals surface area contributed by atoms with Crippen molar-refractivity contribution in [2.45, 2.75) is 43.2 Å².